The van der Waals surface area contributed by atoms with Gasteiger partial charge in [0.25, 0.3) is 0 Å². The molecule has 0 spiro atoms. The van der Waals surface area contributed by atoms with E-state index in [2.05, 4.69) is 0 Å². The normalized spacial score (nSPS) is 0. The molecule has 0 atom stereocenters. The quantitative estimate of drug-likeness (QED) is 0.492. The summed E-state index contributed by atoms with van der Waals surface area (Å²) < 4.78 is 0. The maximum Gasteiger partial charge on any atom is 0 e. The molecule has 0 bridgehead atoms. The van der Waals surface area contributed by atoms with Crippen molar-refractivity contribution in [1.82, 2.24) is 0 Å². The van der Waals surface area contributed by atoms with Crippen LogP contribution in [0.5, 0.6) is 0 Å². The van der Waals surface area contributed by atoms with E-state index in [9.17, 15) is 0 Å². The van der Waals surface area contributed by atoms with Crippen LogP contribution in [-0.2, 0) is 84.6 Å². The first-order valence-corrected chi connectivity index (χ1v) is 0. The Morgan fingerprint density at radius 3 is 0.500 bits per heavy atom. The Hall–Kier alpha value is 2.77. The van der Waals surface area contributed by atoms with Crippen LogP contribution in [0.4, 0.5) is 0 Å². The van der Waals surface area contributed by atoms with Crippen molar-refractivity contribution < 1.29 is 84.6 Å². The summed E-state index contributed by atoms with van der Waals surface area (Å²) in [5.74, 6) is 0. The van der Waals surface area contributed by atoms with Gasteiger partial charge in [-0.1, -0.05) is 0 Å². The van der Waals surface area contributed by atoms with E-state index in [1.54, 1.807) is 0 Å². The summed E-state index contributed by atoms with van der Waals surface area (Å²) in [5.41, 5.74) is 0. The van der Waals surface area contributed by atoms with E-state index in [1.807, 2.05) is 0 Å². The smallest absolute Gasteiger partial charge is 0 e. The van der Waals surface area contributed by atoms with E-state index < -0.39 is 0 Å². The van der Waals surface area contributed by atoms with Gasteiger partial charge in [0.2, 0.25) is 0 Å². The van der Waals surface area contributed by atoms with Crippen LogP contribution in [0.15, 0.2) is 0 Å². The zero-order valence-electron chi connectivity index (χ0n) is 2.21. The fraction of sp³-hybridized carbons (Fsp3) is 0. The molecule has 0 aliphatic heterocycles. The molecule has 0 aliphatic rings. The predicted molar refractivity (Wildman–Crippen MR) is 0 cm³/mol. The topological polar surface area (TPSA) is 0 Å². The second-order valence-electron chi connectivity index (χ2n) is 0. The van der Waals surface area contributed by atoms with Gasteiger partial charge in [-0.2, -0.15) is 0 Å². The Morgan fingerprint density at radius 1 is 0.500 bits per heavy atom. The van der Waals surface area contributed by atoms with Gasteiger partial charge in [0, 0.05) is 84.6 Å². The Morgan fingerprint density at radius 2 is 0.500 bits per heavy atom. The third-order valence-corrected chi connectivity index (χ3v) is 0. The van der Waals surface area contributed by atoms with Gasteiger partial charge < -0.3 is 0 Å². The van der Waals surface area contributed by atoms with E-state index in [0.717, 1.165) is 0 Å². The van der Waals surface area contributed by atoms with Crippen molar-refractivity contribution in [3.05, 3.63) is 0 Å². The summed E-state index contributed by atoms with van der Waals surface area (Å²) in [7, 11) is 0. The minimum absolute atomic E-state index is 0. The number of hydrogen-bond acceptors (Lipinski definition) is 0. The number of hydrogen-bond donors (Lipinski definition) is 0. The average molecular weight is 209 g/mol. The van der Waals surface area contributed by atoms with Gasteiger partial charge in [-0.25, -0.2) is 0 Å². The van der Waals surface area contributed by atoms with Gasteiger partial charge in [-0.05, 0) is 0 Å². The minimum atomic E-state index is 0. The van der Waals surface area contributed by atoms with Gasteiger partial charge in [0.05, 0.1) is 0 Å². The van der Waals surface area contributed by atoms with E-state index >= 15 is 0 Å². The van der Waals surface area contributed by atoms with Crippen LogP contribution in [0.3, 0.4) is 0 Å². The maximum atomic E-state index is 0. The Bertz CT molecular complexity index is 3.25. The molecular formula is Ti3Zn. The molecule has 0 N–H and O–H groups in total. The molecule has 0 fully saturated rings. The van der Waals surface area contributed by atoms with Crippen LogP contribution < -0.4 is 0 Å². The third kappa shape index (κ3) is 8.84. The van der Waals surface area contributed by atoms with Crippen LogP contribution in [0.25, 0.3) is 0 Å². The predicted octanol–water partition coefficient (Wildman–Crippen LogP) is -0.0100. The van der Waals surface area contributed by atoms with Gasteiger partial charge >= 0.3 is 0 Å². The second kappa shape index (κ2) is 17.1. The zero-order chi connectivity index (χ0) is 0. The average Bonchev–Trinajstić information content (AvgIpc) is 0. The van der Waals surface area contributed by atoms with Crippen molar-refractivity contribution in [2.75, 3.05) is 0 Å². The molecule has 0 radical (unpaired) electrons. The molecule has 0 saturated carbocycles. The maximum absolute atomic E-state index is 0. The zero-order valence-corrected chi connectivity index (χ0v) is 9.86. The van der Waals surface area contributed by atoms with Gasteiger partial charge in [-0.3, -0.25) is 0 Å². The van der Waals surface area contributed by atoms with E-state index in [1.165, 1.54) is 0 Å². The monoisotopic (exact) mass is 208 g/mol. The first kappa shape index (κ1) is 29.4. The fourth-order valence-corrected chi connectivity index (χ4v) is 0. The van der Waals surface area contributed by atoms with Crippen molar-refractivity contribution in [3.63, 3.8) is 0 Å². The van der Waals surface area contributed by atoms with Crippen LogP contribution in [0.1, 0.15) is 0 Å². The van der Waals surface area contributed by atoms with Crippen LogP contribution >= 0.6 is 0 Å². The third-order valence-electron chi connectivity index (χ3n) is 0. The molecule has 0 unspecified atom stereocenters. The van der Waals surface area contributed by atoms with Crippen molar-refractivity contribution in [3.8, 4) is 0 Å². The van der Waals surface area contributed by atoms with Gasteiger partial charge in [-0.15, -0.1) is 0 Å². The summed E-state index contributed by atoms with van der Waals surface area (Å²) in [6, 6.07) is 0. The van der Waals surface area contributed by atoms with Crippen LogP contribution in [0, 0.1) is 0 Å². The molecule has 0 rings (SSSR count). The van der Waals surface area contributed by atoms with Crippen LogP contribution in [-0.4, -0.2) is 0 Å². The largest absolute Gasteiger partial charge is 0 e. The first-order chi connectivity index (χ1) is 0. The summed E-state index contributed by atoms with van der Waals surface area (Å²) in [4.78, 5) is 0. The molecule has 4 heteroatoms. The minimum Gasteiger partial charge on any atom is 0 e. The molecule has 0 aliphatic carbocycles. The van der Waals surface area contributed by atoms with Crippen LogP contribution in [0.2, 0.25) is 0 Å². The van der Waals surface area contributed by atoms with Crippen molar-refractivity contribution in [2.24, 2.45) is 0 Å². The molecular weight excluding hydrogens is 209 g/mol. The van der Waals surface area contributed by atoms with E-state index in [0.29, 0.717) is 0 Å². The van der Waals surface area contributed by atoms with Crippen molar-refractivity contribution >= 4 is 0 Å². The molecule has 0 aromatic carbocycles. The molecule has 0 aromatic rings. The number of rotatable bonds is 0. The Labute approximate surface area is 83.3 Å². The summed E-state index contributed by atoms with van der Waals surface area (Å²) in [5, 5.41) is 0. The molecule has 4 heavy (non-hydrogen) atoms. The molecule has 0 nitrogen and oxygen atoms in total. The van der Waals surface area contributed by atoms with Crippen molar-refractivity contribution in [1.29, 1.82) is 0 Å². The molecule has 14 valence electrons. The Balaban J connectivity index is 0. The van der Waals surface area contributed by atoms with Gasteiger partial charge in [0.1, 0.15) is 0 Å². The fourth-order valence-electron chi connectivity index (χ4n) is 0. The SMILES string of the molecule is [Ti].[Ti].[Ti].[Zn]. The standard InChI is InChI=1S/3Ti.Zn. The van der Waals surface area contributed by atoms with E-state index in [4.69, 9.17) is 0 Å². The second-order valence-corrected chi connectivity index (χ2v) is 0. The van der Waals surface area contributed by atoms with E-state index in [-0.39, 0.29) is 84.6 Å². The van der Waals surface area contributed by atoms with Gasteiger partial charge in [0.15, 0.2) is 0 Å². The summed E-state index contributed by atoms with van der Waals surface area (Å²) in [6.45, 7) is 0. The molecule has 0 aromatic heterocycles. The summed E-state index contributed by atoms with van der Waals surface area (Å²) in [6.07, 6.45) is 0. The Kier molecular flexibility index (Phi) is 126. The summed E-state index contributed by atoms with van der Waals surface area (Å²) >= 11 is 0. The molecule has 0 amide bonds. The van der Waals surface area contributed by atoms with Crippen molar-refractivity contribution in [2.45, 2.75) is 0 Å². The molecule has 0 heterocycles. The first-order valence-electron chi connectivity index (χ1n) is 0. The molecule has 0 saturated heterocycles.